The molecule has 0 fully saturated rings. The van der Waals surface area contributed by atoms with Gasteiger partial charge in [0.05, 0.1) is 11.8 Å². The van der Waals surface area contributed by atoms with Gasteiger partial charge >= 0.3 is 6.18 Å². The number of carbonyl (C=O) groups excluding carboxylic acids is 1. The number of carbonyl (C=O) groups is 1. The molecule has 0 saturated carbocycles. The number of halogens is 3. The molecule has 0 heterocycles. The zero-order chi connectivity index (χ0) is 17.6. The molecule has 2 rings (SSSR count). The summed E-state index contributed by atoms with van der Waals surface area (Å²) in [6.07, 6.45) is -4.14. The molecular weight excluding hydrogens is 321 g/mol. The van der Waals surface area contributed by atoms with Gasteiger partial charge in [0, 0.05) is 7.11 Å². The van der Waals surface area contributed by atoms with E-state index in [-0.39, 0.29) is 5.56 Å². The summed E-state index contributed by atoms with van der Waals surface area (Å²) < 4.78 is 43.0. The topological polar surface area (TPSA) is 50.7 Å². The Morgan fingerprint density at radius 3 is 2.50 bits per heavy atom. The minimum Gasteiger partial charge on any atom is -0.367 e. The van der Waals surface area contributed by atoms with E-state index >= 15 is 0 Å². The maximum absolute atomic E-state index is 12.6. The van der Waals surface area contributed by atoms with Crippen molar-refractivity contribution in [3.63, 3.8) is 0 Å². The standard InChI is InChI=1S/C17H15F3N2O2/c1-24-15(13-7-3-2-4-8-13)16(23)22-21-11-12-6-5-9-14(10-12)17(18,19)20/h2-11,15H,1H3,(H,22,23)/b21-11-/t15-/m1/s1. The summed E-state index contributed by atoms with van der Waals surface area (Å²) in [5.41, 5.74) is 2.35. The van der Waals surface area contributed by atoms with Gasteiger partial charge in [-0.1, -0.05) is 42.5 Å². The number of ether oxygens (including phenoxy) is 1. The highest BCUT2D eigenvalue weighted by molar-refractivity contribution is 5.85. The molecule has 2 aromatic carbocycles. The van der Waals surface area contributed by atoms with Crippen molar-refractivity contribution in [1.82, 2.24) is 5.43 Å². The van der Waals surface area contributed by atoms with Crippen LogP contribution >= 0.6 is 0 Å². The predicted octanol–water partition coefficient (Wildman–Crippen LogP) is 3.54. The minimum atomic E-state index is -4.43. The predicted molar refractivity (Wildman–Crippen MR) is 83.4 cm³/mol. The second kappa shape index (κ2) is 7.74. The molecule has 24 heavy (non-hydrogen) atoms. The van der Waals surface area contributed by atoms with Gasteiger partial charge in [-0.25, -0.2) is 5.43 Å². The van der Waals surface area contributed by atoms with Crippen LogP contribution < -0.4 is 5.43 Å². The number of amides is 1. The second-order valence-corrected chi connectivity index (χ2v) is 4.88. The van der Waals surface area contributed by atoms with Gasteiger partial charge in [-0.05, 0) is 23.3 Å². The quantitative estimate of drug-likeness (QED) is 0.671. The van der Waals surface area contributed by atoms with Crippen LogP contribution in [-0.4, -0.2) is 19.2 Å². The van der Waals surface area contributed by atoms with E-state index in [9.17, 15) is 18.0 Å². The van der Waals surface area contributed by atoms with Crippen molar-refractivity contribution >= 4 is 12.1 Å². The molecule has 0 bridgehead atoms. The van der Waals surface area contributed by atoms with Crippen LogP contribution in [0.1, 0.15) is 22.8 Å². The number of benzene rings is 2. The van der Waals surface area contributed by atoms with Crippen molar-refractivity contribution in [3.05, 3.63) is 71.3 Å². The Kier molecular flexibility index (Phi) is 5.70. The maximum Gasteiger partial charge on any atom is 0.416 e. The van der Waals surface area contributed by atoms with Crippen LogP contribution in [0.2, 0.25) is 0 Å². The molecule has 1 N–H and O–H groups in total. The van der Waals surface area contributed by atoms with E-state index in [4.69, 9.17) is 4.74 Å². The summed E-state index contributed by atoms with van der Waals surface area (Å²) in [5, 5.41) is 3.69. The fourth-order valence-corrected chi connectivity index (χ4v) is 2.05. The van der Waals surface area contributed by atoms with Crippen LogP contribution in [0.15, 0.2) is 59.7 Å². The SMILES string of the molecule is CO[C@@H](C(=O)N/N=C\c1cccc(C(F)(F)F)c1)c1ccccc1. The molecule has 0 spiro atoms. The number of hydrazone groups is 1. The van der Waals surface area contributed by atoms with Crippen molar-refractivity contribution in [1.29, 1.82) is 0 Å². The molecule has 0 aliphatic heterocycles. The number of hydrogen-bond donors (Lipinski definition) is 1. The Morgan fingerprint density at radius 1 is 1.17 bits per heavy atom. The van der Waals surface area contributed by atoms with E-state index in [1.807, 2.05) is 0 Å². The van der Waals surface area contributed by atoms with E-state index in [0.29, 0.717) is 5.56 Å². The smallest absolute Gasteiger partial charge is 0.367 e. The van der Waals surface area contributed by atoms with Crippen molar-refractivity contribution in [2.24, 2.45) is 5.10 Å². The number of nitrogens with zero attached hydrogens (tertiary/aromatic N) is 1. The minimum absolute atomic E-state index is 0.221. The largest absolute Gasteiger partial charge is 0.416 e. The van der Waals surface area contributed by atoms with Crippen LogP contribution in [0.5, 0.6) is 0 Å². The zero-order valence-electron chi connectivity index (χ0n) is 12.7. The number of rotatable bonds is 5. The van der Waals surface area contributed by atoms with Crippen LogP contribution in [-0.2, 0) is 15.7 Å². The molecule has 1 amide bonds. The number of nitrogens with one attached hydrogen (secondary N) is 1. The lowest BCUT2D eigenvalue weighted by Gasteiger charge is -2.13. The van der Waals surface area contributed by atoms with E-state index in [1.165, 1.54) is 19.2 Å². The fraction of sp³-hybridized carbons (Fsp3) is 0.176. The summed E-state index contributed by atoms with van der Waals surface area (Å²) in [6.45, 7) is 0. The molecular formula is C17H15F3N2O2. The first-order chi connectivity index (χ1) is 11.4. The molecule has 0 aliphatic carbocycles. The van der Waals surface area contributed by atoms with Gasteiger partial charge in [0.25, 0.3) is 5.91 Å². The first-order valence-electron chi connectivity index (χ1n) is 6.99. The molecule has 126 valence electrons. The van der Waals surface area contributed by atoms with Gasteiger partial charge in [0.2, 0.25) is 0 Å². The summed E-state index contributed by atoms with van der Waals surface area (Å²) in [7, 11) is 1.38. The van der Waals surface area contributed by atoms with Crippen molar-refractivity contribution < 1.29 is 22.7 Å². The van der Waals surface area contributed by atoms with E-state index < -0.39 is 23.8 Å². The molecule has 0 unspecified atom stereocenters. The van der Waals surface area contributed by atoms with Crippen molar-refractivity contribution in [2.75, 3.05) is 7.11 Å². The van der Waals surface area contributed by atoms with Gasteiger partial charge in [0.1, 0.15) is 0 Å². The average molecular weight is 336 g/mol. The molecule has 0 aliphatic rings. The molecule has 0 saturated heterocycles. The summed E-state index contributed by atoms with van der Waals surface area (Å²) >= 11 is 0. The average Bonchev–Trinajstić information content (AvgIpc) is 2.56. The fourth-order valence-electron chi connectivity index (χ4n) is 2.05. The second-order valence-electron chi connectivity index (χ2n) is 4.88. The number of methoxy groups -OCH3 is 1. The molecule has 0 aromatic heterocycles. The first kappa shape index (κ1) is 17.7. The van der Waals surface area contributed by atoms with Crippen molar-refractivity contribution in [3.8, 4) is 0 Å². The number of alkyl halides is 3. The molecule has 4 nitrogen and oxygen atoms in total. The Labute approximate surface area is 137 Å². The molecule has 0 radical (unpaired) electrons. The Bertz CT molecular complexity index is 715. The third-order valence-electron chi connectivity index (χ3n) is 3.18. The normalized spacial score (nSPS) is 13.0. The highest BCUT2D eigenvalue weighted by Gasteiger charge is 2.30. The third-order valence-corrected chi connectivity index (χ3v) is 3.18. The third kappa shape index (κ3) is 4.66. The van der Waals surface area contributed by atoms with Crippen molar-refractivity contribution in [2.45, 2.75) is 12.3 Å². The van der Waals surface area contributed by atoms with Crippen LogP contribution in [0.25, 0.3) is 0 Å². The van der Waals surface area contributed by atoms with Gasteiger partial charge in [0.15, 0.2) is 6.10 Å². The molecule has 7 heteroatoms. The molecule has 1 atom stereocenters. The highest BCUT2D eigenvalue weighted by atomic mass is 19.4. The van der Waals surface area contributed by atoms with Crippen LogP contribution in [0, 0.1) is 0 Å². The van der Waals surface area contributed by atoms with Crippen LogP contribution in [0.4, 0.5) is 13.2 Å². The summed E-state index contributed by atoms with van der Waals surface area (Å²) in [4.78, 5) is 12.1. The lowest BCUT2D eigenvalue weighted by atomic mass is 10.1. The Hall–Kier alpha value is -2.67. The van der Waals surface area contributed by atoms with Gasteiger partial charge in [-0.3, -0.25) is 4.79 Å². The monoisotopic (exact) mass is 336 g/mol. The highest BCUT2D eigenvalue weighted by Crippen LogP contribution is 2.29. The summed E-state index contributed by atoms with van der Waals surface area (Å²) in [6, 6.07) is 13.4. The van der Waals surface area contributed by atoms with E-state index in [0.717, 1.165) is 18.3 Å². The van der Waals surface area contributed by atoms with Crippen LogP contribution in [0.3, 0.4) is 0 Å². The Balaban J connectivity index is 2.04. The lowest BCUT2D eigenvalue weighted by Crippen LogP contribution is -2.26. The zero-order valence-corrected chi connectivity index (χ0v) is 12.7. The Morgan fingerprint density at radius 2 is 1.88 bits per heavy atom. The van der Waals surface area contributed by atoms with Gasteiger partial charge < -0.3 is 4.74 Å². The summed E-state index contributed by atoms with van der Waals surface area (Å²) in [5.74, 6) is -0.521. The maximum atomic E-state index is 12.6. The molecule has 2 aromatic rings. The lowest BCUT2D eigenvalue weighted by molar-refractivity contribution is -0.137. The van der Waals surface area contributed by atoms with E-state index in [1.54, 1.807) is 30.3 Å². The van der Waals surface area contributed by atoms with Gasteiger partial charge in [-0.15, -0.1) is 0 Å². The van der Waals surface area contributed by atoms with E-state index in [2.05, 4.69) is 10.5 Å². The van der Waals surface area contributed by atoms with Gasteiger partial charge in [-0.2, -0.15) is 18.3 Å². The first-order valence-corrected chi connectivity index (χ1v) is 6.99. The number of hydrogen-bond acceptors (Lipinski definition) is 3.